The Labute approximate surface area is 92.8 Å². The Morgan fingerprint density at radius 2 is 1.33 bits per heavy atom. The average Bonchev–Trinajstić information content (AvgIpc) is 2.08. The SMILES string of the molecule is CCCCCCCCCF.CS(=O)(=O)O. The van der Waals surface area contributed by atoms with Crippen LogP contribution in [0.4, 0.5) is 4.39 Å². The number of hydrogen-bond donors (Lipinski definition) is 1. The monoisotopic (exact) mass is 242 g/mol. The average molecular weight is 242 g/mol. The van der Waals surface area contributed by atoms with Gasteiger partial charge in [-0.15, -0.1) is 0 Å². The van der Waals surface area contributed by atoms with Gasteiger partial charge in [0.05, 0.1) is 12.9 Å². The Morgan fingerprint density at radius 3 is 1.67 bits per heavy atom. The van der Waals surface area contributed by atoms with Crippen LogP contribution in [0.1, 0.15) is 51.9 Å². The summed E-state index contributed by atoms with van der Waals surface area (Å²) in [6, 6.07) is 0. The van der Waals surface area contributed by atoms with Gasteiger partial charge in [-0.25, -0.2) is 0 Å². The molecule has 15 heavy (non-hydrogen) atoms. The smallest absolute Gasteiger partial charge is 0.261 e. The minimum absolute atomic E-state index is 0.131. The third-order valence-electron chi connectivity index (χ3n) is 1.74. The minimum atomic E-state index is -3.67. The van der Waals surface area contributed by atoms with Gasteiger partial charge in [-0.05, 0) is 6.42 Å². The normalized spacial score (nSPS) is 10.7. The van der Waals surface area contributed by atoms with Gasteiger partial charge in [0.15, 0.2) is 0 Å². The third kappa shape index (κ3) is 41.5. The van der Waals surface area contributed by atoms with E-state index in [1.807, 2.05) is 0 Å². The molecule has 3 nitrogen and oxygen atoms in total. The number of rotatable bonds is 7. The van der Waals surface area contributed by atoms with Crippen LogP contribution in [0.3, 0.4) is 0 Å². The van der Waals surface area contributed by atoms with Gasteiger partial charge in [0.1, 0.15) is 0 Å². The van der Waals surface area contributed by atoms with Gasteiger partial charge in [-0.1, -0.05) is 45.4 Å². The Hall–Kier alpha value is -0.160. The molecule has 0 unspecified atom stereocenters. The number of alkyl halides is 1. The maximum atomic E-state index is 11.6. The third-order valence-corrected chi connectivity index (χ3v) is 1.74. The Balaban J connectivity index is 0. The van der Waals surface area contributed by atoms with Gasteiger partial charge in [0, 0.05) is 0 Å². The van der Waals surface area contributed by atoms with Gasteiger partial charge < -0.3 is 0 Å². The van der Waals surface area contributed by atoms with Gasteiger partial charge in [-0.2, -0.15) is 8.42 Å². The van der Waals surface area contributed by atoms with Gasteiger partial charge in [0.2, 0.25) is 0 Å². The molecule has 0 aliphatic rings. The number of halogens is 1. The highest BCUT2D eigenvalue weighted by Crippen LogP contribution is 2.06. The van der Waals surface area contributed by atoms with E-state index in [2.05, 4.69) is 6.92 Å². The van der Waals surface area contributed by atoms with Crippen molar-refractivity contribution in [3.8, 4) is 0 Å². The van der Waals surface area contributed by atoms with Crippen molar-refractivity contribution in [1.29, 1.82) is 0 Å². The molecule has 0 fully saturated rings. The predicted octanol–water partition coefficient (Wildman–Crippen LogP) is 3.21. The largest absolute Gasteiger partial charge is 0.286 e. The van der Waals surface area contributed by atoms with Crippen LogP contribution in [0.15, 0.2) is 0 Å². The predicted molar refractivity (Wildman–Crippen MR) is 61.4 cm³/mol. The molecular weight excluding hydrogens is 219 g/mol. The van der Waals surface area contributed by atoms with Crippen molar-refractivity contribution in [2.45, 2.75) is 51.9 Å². The second kappa shape index (κ2) is 11.9. The Kier molecular flexibility index (Phi) is 13.7. The van der Waals surface area contributed by atoms with Crippen molar-refractivity contribution in [1.82, 2.24) is 0 Å². The fourth-order valence-corrected chi connectivity index (χ4v) is 1.05. The lowest BCUT2D eigenvalue weighted by atomic mass is 10.1. The van der Waals surface area contributed by atoms with Crippen LogP contribution in [-0.4, -0.2) is 25.9 Å². The molecule has 0 amide bonds. The number of hydrogen-bond acceptors (Lipinski definition) is 2. The maximum Gasteiger partial charge on any atom is 0.261 e. The molecule has 0 atom stereocenters. The summed E-state index contributed by atoms with van der Waals surface area (Å²) in [7, 11) is -3.67. The highest BCUT2D eigenvalue weighted by atomic mass is 32.2. The second-order valence-corrected chi connectivity index (χ2v) is 5.01. The summed E-state index contributed by atoms with van der Waals surface area (Å²) in [5.41, 5.74) is 0. The highest BCUT2D eigenvalue weighted by molar-refractivity contribution is 7.85. The van der Waals surface area contributed by atoms with E-state index in [-0.39, 0.29) is 6.67 Å². The molecule has 0 rings (SSSR count). The lowest BCUT2D eigenvalue weighted by Gasteiger charge is -1.96. The zero-order valence-electron chi connectivity index (χ0n) is 9.71. The molecule has 0 spiro atoms. The fraction of sp³-hybridized carbons (Fsp3) is 1.00. The summed E-state index contributed by atoms with van der Waals surface area (Å²) in [6.07, 6.45) is 9.07. The first kappa shape index (κ1) is 17.2. The lowest BCUT2D eigenvalue weighted by molar-refractivity contribution is 0.450. The summed E-state index contributed by atoms with van der Waals surface area (Å²) in [6.45, 7) is 2.08. The van der Waals surface area contributed by atoms with Crippen LogP contribution < -0.4 is 0 Å². The first-order valence-electron chi connectivity index (χ1n) is 5.40. The molecule has 0 saturated heterocycles. The van der Waals surface area contributed by atoms with Gasteiger partial charge >= 0.3 is 0 Å². The van der Waals surface area contributed by atoms with E-state index in [0.29, 0.717) is 6.26 Å². The first-order valence-corrected chi connectivity index (χ1v) is 7.25. The summed E-state index contributed by atoms with van der Waals surface area (Å²) < 4.78 is 37.4. The molecule has 0 aromatic heterocycles. The molecule has 0 radical (unpaired) electrons. The molecule has 0 aromatic rings. The zero-order valence-corrected chi connectivity index (χ0v) is 10.5. The molecule has 94 valence electrons. The molecule has 1 N–H and O–H groups in total. The molecule has 0 aromatic carbocycles. The minimum Gasteiger partial charge on any atom is -0.286 e. The summed E-state index contributed by atoms with van der Waals surface area (Å²) >= 11 is 0. The Morgan fingerprint density at radius 1 is 1.00 bits per heavy atom. The fourth-order valence-electron chi connectivity index (χ4n) is 1.05. The lowest BCUT2D eigenvalue weighted by Crippen LogP contribution is -1.88. The van der Waals surface area contributed by atoms with Crippen molar-refractivity contribution in [2.75, 3.05) is 12.9 Å². The van der Waals surface area contributed by atoms with Crippen molar-refractivity contribution < 1.29 is 17.4 Å². The maximum absolute atomic E-state index is 11.6. The zero-order chi connectivity index (χ0) is 12.2. The van der Waals surface area contributed by atoms with E-state index >= 15 is 0 Å². The van der Waals surface area contributed by atoms with Crippen molar-refractivity contribution in [3.05, 3.63) is 0 Å². The van der Waals surface area contributed by atoms with E-state index in [9.17, 15) is 12.8 Å². The highest BCUT2D eigenvalue weighted by Gasteiger charge is 1.88. The molecule has 5 heteroatoms. The van der Waals surface area contributed by atoms with Crippen molar-refractivity contribution >= 4 is 10.1 Å². The van der Waals surface area contributed by atoms with Crippen LogP contribution in [0.5, 0.6) is 0 Å². The van der Waals surface area contributed by atoms with Crippen LogP contribution in [0.25, 0.3) is 0 Å². The summed E-state index contributed by atoms with van der Waals surface area (Å²) in [5, 5.41) is 0. The van der Waals surface area contributed by atoms with Gasteiger partial charge in [0.25, 0.3) is 10.1 Å². The first-order chi connectivity index (χ1) is 6.91. The van der Waals surface area contributed by atoms with E-state index in [4.69, 9.17) is 4.55 Å². The van der Waals surface area contributed by atoms with E-state index < -0.39 is 10.1 Å². The van der Waals surface area contributed by atoms with Crippen molar-refractivity contribution in [2.24, 2.45) is 0 Å². The standard InChI is InChI=1S/C9H19F.CH4O3S/c1-2-3-4-5-6-7-8-9-10;1-5(2,3)4/h2-9H2,1H3;1H3,(H,2,3,4). The summed E-state index contributed by atoms with van der Waals surface area (Å²) in [5.74, 6) is 0. The van der Waals surface area contributed by atoms with Crippen LogP contribution >= 0.6 is 0 Å². The van der Waals surface area contributed by atoms with Crippen molar-refractivity contribution in [3.63, 3.8) is 0 Å². The molecule has 0 bridgehead atoms. The Bertz CT molecular complexity index is 187. The molecule has 0 aliphatic heterocycles. The van der Waals surface area contributed by atoms with E-state index in [1.165, 1.54) is 32.1 Å². The molecule has 0 aliphatic carbocycles. The molecular formula is C10H23FO3S. The summed E-state index contributed by atoms with van der Waals surface area (Å²) in [4.78, 5) is 0. The van der Waals surface area contributed by atoms with E-state index in [1.54, 1.807) is 0 Å². The van der Waals surface area contributed by atoms with Gasteiger partial charge in [-0.3, -0.25) is 8.94 Å². The van der Waals surface area contributed by atoms with Crippen LogP contribution in [-0.2, 0) is 10.1 Å². The second-order valence-electron chi connectivity index (χ2n) is 3.54. The molecule has 0 heterocycles. The topological polar surface area (TPSA) is 54.4 Å². The molecule has 0 saturated carbocycles. The van der Waals surface area contributed by atoms with Crippen LogP contribution in [0, 0.1) is 0 Å². The van der Waals surface area contributed by atoms with E-state index in [0.717, 1.165) is 12.8 Å². The number of unbranched alkanes of at least 4 members (excludes halogenated alkanes) is 6. The quantitative estimate of drug-likeness (QED) is 0.551. The van der Waals surface area contributed by atoms with Crippen LogP contribution in [0.2, 0.25) is 0 Å².